The molecule has 0 saturated heterocycles. The van der Waals surface area contributed by atoms with Gasteiger partial charge >= 0.3 is 17.9 Å². The molecule has 0 atom stereocenters. The maximum Gasteiger partial charge on any atom is 0.574 e. The van der Waals surface area contributed by atoms with Crippen LogP contribution in [0.5, 0.6) is 11.6 Å². The van der Waals surface area contributed by atoms with E-state index in [0.717, 1.165) is 6.07 Å². The van der Waals surface area contributed by atoms with Crippen LogP contribution in [-0.2, 0) is 5.88 Å². The summed E-state index contributed by atoms with van der Waals surface area (Å²) in [6, 6.07) is 0.770. The van der Waals surface area contributed by atoms with Crippen LogP contribution in [0, 0.1) is 10.1 Å². The topological polar surface area (TPSA) is 74.5 Å². The highest BCUT2D eigenvalue weighted by atomic mass is 35.5. The van der Waals surface area contributed by atoms with Crippen LogP contribution < -0.4 is 9.47 Å². The minimum atomic E-state index is -5.09. The minimum Gasteiger partial charge on any atom is -0.495 e. The van der Waals surface area contributed by atoms with Crippen molar-refractivity contribution in [2.24, 2.45) is 0 Å². The molecule has 1 aromatic rings. The van der Waals surface area contributed by atoms with Gasteiger partial charge in [0.25, 0.3) is 0 Å². The Labute approximate surface area is 103 Å². The first-order valence-corrected chi connectivity index (χ1v) is 4.86. The van der Waals surface area contributed by atoms with Gasteiger partial charge in [0.05, 0.1) is 24.0 Å². The normalized spacial score (nSPS) is 11.2. The first-order chi connectivity index (χ1) is 8.28. The Morgan fingerprint density at radius 1 is 1.56 bits per heavy atom. The van der Waals surface area contributed by atoms with E-state index in [9.17, 15) is 23.3 Å². The van der Waals surface area contributed by atoms with Crippen molar-refractivity contribution in [1.29, 1.82) is 0 Å². The fourth-order valence-corrected chi connectivity index (χ4v) is 1.28. The smallest absolute Gasteiger partial charge is 0.495 e. The molecule has 0 radical (unpaired) electrons. The van der Waals surface area contributed by atoms with Gasteiger partial charge < -0.3 is 9.47 Å². The van der Waals surface area contributed by atoms with Crippen LogP contribution in [0.3, 0.4) is 0 Å². The molecule has 6 nitrogen and oxygen atoms in total. The number of pyridine rings is 1. The van der Waals surface area contributed by atoms with Gasteiger partial charge in [-0.15, -0.1) is 24.8 Å². The number of hydrogen-bond donors (Lipinski definition) is 0. The zero-order valence-corrected chi connectivity index (χ0v) is 9.58. The van der Waals surface area contributed by atoms with Crippen molar-refractivity contribution in [1.82, 2.24) is 4.98 Å². The van der Waals surface area contributed by atoms with E-state index in [1.807, 2.05) is 0 Å². The van der Waals surface area contributed by atoms with Gasteiger partial charge in [0.2, 0.25) is 0 Å². The van der Waals surface area contributed by atoms with Crippen molar-refractivity contribution in [3.63, 3.8) is 0 Å². The number of methoxy groups -OCH3 is 1. The molecule has 0 spiro atoms. The van der Waals surface area contributed by atoms with E-state index in [2.05, 4.69) is 9.72 Å². The third-order valence-electron chi connectivity index (χ3n) is 1.76. The molecule has 0 fully saturated rings. The van der Waals surface area contributed by atoms with E-state index in [-0.39, 0.29) is 17.3 Å². The Kier molecular flexibility index (Phi) is 4.17. The second kappa shape index (κ2) is 5.25. The van der Waals surface area contributed by atoms with E-state index in [0.29, 0.717) is 0 Å². The Morgan fingerprint density at radius 3 is 2.56 bits per heavy atom. The van der Waals surface area contributed by atoms with Gasteiger partial charge in [0.1, 0.15) is 11.4 Å². The van der Waals surface area contributed by atoms with E-state index in [1.165, 1.54) is 7.11 Å². The van der Waals surface area contributed by atoms with Crippen molar-refractivity contribution >= 4 is 17.3 Å². The average Bonchev–Trinajstić information content (AvgIpc) is 2.25. The lowest BCUT2D eigenvalue weighted by molar-refractivity contribution is -0.389. The maximum atomic E-state index is 12.1. The highest BCUT2D eigenvalue weighted by Crippen LogP contribution is 2.35. The van der Waals surface area contributed by atoms with Crippen molar-refractivity contribution in [3.8, 4) is 11.6 Å². The summed E-state index contributed by atoms with van der Waals surface area (Å²) in [7, 11) is 1.18. The molecule has 1 rings (SSSR count). The average molecular weight is 287 g/mol. The summed E-state index contributed by atoms with van der Waals surface area (Å²) < 4.78 is 44.4. The fraction of sp³-hybridized carbons (Fsp3) is 0.375. The van der Waals surface area contributed by atoms with Crippen LogP contribution in [-0.4, -0.2) is 23.4 Å². The molecule has 0 unspecified atom stereocenters. The number of nitrogens with zero attached hydrogens (tertiary/aromatic N) is 2. The third-order valence-corrected chi connectivity index (χ3v) is 2.02. The van der Waals surface area contributed by atoms with Gasteiger partial charge in [0.15, 0.2) is 0 Å². The van der Waals surface area contributed by atoms with E-state index >= 15 is 0 Å². The molecule has 0 saturated carbocycles. The Morgan fingerprint density at radius 2 is 2.17 bits per heavy atom. The molecular weight excluding hydrogens is 281 g/mol. The zero-order chi connectivity index (χ0) is 13.9. The first-order valence-electron chi connectivity index (χ1n) is 4.32. The highest BCUT2D eigenvalue weighted by molar-refractivity contribution is 6.17. The molecule has 0 aliphatic rings. The highest BCUT2D eigenvalue weighted by Gasteiger charge is 2.36. The quantitative estimate of drug-likeness (QED) is 0.483. The number of ether oxygens (including phenoxy) is 2. The molecule has 0 amide bonds. The largest absolute Gasteiger partial charge is 0.574 e. The van der Waals surface area contributed by atoms with Crippen LogP contribution >= 0.6 is 11.6 Å². The van der Waals surface area contributed by atoms with Gasteiger partial charge in [-0.1, -0.05) is 0 Å². The second-order valence-electron chi connectivity index (χ2n) is 2.90. The van der Waals surface area contributed by atoms with Crippen LogP contribution in [0.25, 0.3) is 0 Å². The number of alkyl halides is 4. The lowest BCUT2D eigenvalue weighted by Gasteiger charge is -2.11. The van der Waals surface area contributed by atoms with Crippen molar-refractivity contribution in [2.75, 3.05) is 7.11 Å². The third kappa shape index (κ3) is 3.36. The molecule has 0 aliphatic heterocycles. The van der Waals surface area contributed by atoms with Gasteiger partial charge in [0, 0.05) is 0 Å². The molecule has 0 bridgehead atoms. The van der Waals surface area contributed by atoms with Crippen LogP contribution in [0.1, 0.15) is 5.69 Å². The Hall–Kier alpha value is -1.77. The van der Waals surface area contributed by atoms with Crippen molar-refractivity contribution in [2.45, 2.75) is 12.2 Å². The van der Waals surface area contributed by atoms with Gasteiger partial charge in [-0.2, -0.15) is 0 Å². The SMILES string of the molecule is COc1cc([N+](=O)[O-])c(OC(F)(F)F)nc1CCl. The number of rotatable bonds is 4. The summed E-state index contributed by atoms with van der Waals surface area (Å²) in [5.74, 6) is -1.55. The van der Waals surface area contributed by atoms with E-state index < -0.39 is 22.9 Å². The number of hydrogen-bond acceptors (Lipinski definition) is 5. The molecule has 0 aromatic carbocycles. The summed E-state index contributed by atoms with van der Waals surface area (Å²) in [6.07, 6.45) is -5.09. The summed E-state index contributed by atoms with van der Waals surface area (Å²) in [4.78, 5) is 12.9. The summed E-state index contributed by atoms with van der Waals surface area (Å²) >= 11 is 5.44. The fourth-order valence-electron chi connectivity index (χ4n) is 1.09. The first kappa shape index (κ1) is 14.3. The number of aromatic nitrogens is 1. The lowest BCUT2D eigenvalue weighted by Crippen LogP contribution is -2.19. The lowest BCUT2D eigenvalue weighted by atomic mass is 10.3. The summed E-state index contributed by atoms with van der Waals surface area (Å²) in [5.41, 5.74) is -1.05. The van der Waals surface area contributed by atoms with Crippen LogP contribution in [0.4, 0.5) is 18.9 Å². The predicted octanol–water partition coefficient (Wildman–Crippen LogP) is 2.64. The maximum absolute atomic E-state index is 12.1. The Balaban J connectivity index is 3.33. The zero-order valence-electron chi connectivity index (χ0n) is 8.82. The molecular formula is C8H6ClF3N2O4. The molecule has 18 heavy (non-hydrogen) atoms. The van der Waals surface area contributed by atoms with E-state index in [1.54, 1.807) is 0 Å². The molecule has 1 heterocycles. The van der Waals surface area contributed by atoms with Gasteiger partial charge in [-0.05, 0) is 0 Å². The monoisotopic (exact) mass is 286 g/mol. The van der Waals surface area contributed by atoms with Crippen molar-refractivity contribution in [3.05, 3.63) is 21.9 Å². The molecule has 100 valence electrons. The minimum absolute atomic E-state index is 0.0915. The predicted molar refractivity (Wildman–Crippen MR) is 53.7 cm³/mol. The summed E-state index contributed by atoms with van der Waals surface area (Å²) in [5, 5.41) is 10.6. The van der Waals surface area contributed by atoms with Crippen molar-refractivity contribution < 1.29 is 27.6 Å². The Bertz CT molecular complexity index is 466. The van der Waals surface area contributed by atoms with Crippen LogP contribution in [0.2, 0.25) is 0 Å². The number of nitro groups is 1. The molecule has 0 aliphatic carbocycles. The molecule has 1 aromatic heterocycles. The number of halogens is 4. The van der Waals surface area contributed by atoms with Gasteiger partial charge in [-0.25, -0.2) is 4.98 Å². The van der Waals surface area contributed by atoms with Gasteiger partial charge in [-0.3, -0.25) is 10.1 Å². The second-order valence-corrected chi connectivity index (χ2v) is 3.17. The van der Waals surface area contributed by atoms with Crippen LogP contribution in [0.15, 0.2) is 6.07 Å². The summed E-state index contributed by atoms with van der Waals surface area (Å²) in [6.45, 7) is 0. The van der Waals surface area contributed by atoms with E-state index in [4.69, 9.17) is 16.3 Å². The molecule has 10 heteroatoms. The standard InChI is InChI=1S/C8H6ClF3N2O4/c1-17-6-2-5(14(15)16)7(13-4(6)3-9)18-8(10,11)12/h2H,3H2,1H3. The molecule has 0 N–H and O–H groups in total.